The number of primary amides is 1. The van der Waals surface area contributed by atoms with Gasteiger partial charge in [0.15, 0.2) is 0 Å². The molecule has 0 aromatic heterocycles. The summed E-state index contributed by atoms with van der Waals surface area (Å²) in [6, 6.07) is -1.18. The Morgan fingerprint density at radius 1 is 1.47 bits per heavy atom. The summed E-state index contributed by atoms with van der Waals surface area (Å²) in [5.41, 5.74) is 4.95. The number of amides is 3. The van der Waals surface area contributed by atoms with Gasteiger partial charge in [-0.05, 0) is 6.42 Å². The minimum Gasteiger partial charge on any atom is -0.480 e. The van der Waals surface area contributed by atoms with Crippen LogP contribution < -0.4 is 11.1 Å². The van der Waals surface area contributed by atoms with Gasteiger partial charge in [-0.2, -0.15) is 0 Å². The van der Waals surface area contributed by atoms with Crippen LogP contribution >= 0.6 is 11.8 Å². The van der Waals surface area contributed by atoms with Crippen molar-refractivity contribution in [1.82, 2.24) is 10.2 Å². The fourth-order valence-corrected chi connectivity index (χ4v) is 2.55. The molecule has 7 nitrogen and oxygen atoms in total. The number of carbonyl (C=O) groups is 3. The normalized spacial score (nSPS) is 19.1. The van der Waals surface area contributed by atoms with E-state index in [0.29, 0.717) is 24.6 Å². The van der Waals surface area contributed by atoms with Gasteiger partial charge in [0.2, 0.25) is 5.91 Å². The number of nitrogens with zero attached hydrogens (tertiary/aromatic N) is 1. The highest BCUT2D eigenvalue weighted by molar-refractivity contribution is 7.99. The van der Waals surface area contributed by atoms with E-state index < -0.39 is 23.9 Å². The third-order valence-corrected chi connectivity index (χ3v) is 3.32. The number of hydrogen-bond donors (Lipinski definition) is 3. The van der Waals surface area contributed by atoms with Gasteiger partial charge in [0.1, 0.15) is 6.04 Å². The number of urea groups is 1. The minimum atomic E-state index is -0.998. The molecular formula is C9H15N3O4S. The number of carbonyl (C=O) groups excluding carboxylic acids is 2. The molecule has 0 saturated carbocycles. The molecule has 0 aromatic rings. The summed E-state index contributed by atoms with van der Waals surface area (Å²) in [6.45, 7) is 0.315. The largest absolute Gasteiger partial charge is 0.480 e. The number of carboxylic acids is 1. The molecule has 0 spiro atoms. The second kappa shape index (κ2) is 6.33. The summed E-state index contributed by atoms with van der Waals surface area (Å²) in [4.78, 5) is 34.2. The molecule has 1 heterocycles. The zero-order valence-corrected chi connectivity index (χ0v) is 10.0. The van der Waals surface area contributed by atoms with Crippen LogP contribution in [-0.2, 0) is 9.59 Å². The standard InChI is InChI=1S/C9H15N3O4S/c10-7(13)2-1-3-11-9(16)12-5-17-4-6(12)8(14)15/h6H,1-5H2,(H2,10,13)(H,11,16)(H,14,15). The lowest BCUT2D eigenvalue weighted by Gasteiger charge is -2.20. The Morgan fingerprint density at radius 2 is 2.18 bits per heavy atom. The van der Waals surface area contributed by atoms with Crippen molar-refractivity contribution < 1.29 is 19.5 Å². The number of hydrogen-bond acceptors (Lipinski definition) is 4. The lowest BCUT2D eigenvalue weighted by atomic mass is 10.3. The van der Waals surface area contributed by atoms with Crippen molar-refractivity contribution in [1.29, 1.82) is 0 Å². The fourth-order valence-electron chi connectivity index (χ4n) is 1.41. The third-order valence-electron chi connectivity index (χ3n) is 2.30. The zero-order valence-electron chi connectivity index (χ0n) is 9.22. The Bertz CT molecular complexity index is 323. The van der Waals surface area contributed by atoms with Crippen LogP contribution in [0.3, 0.4) is 0 Å². The maximum absolute atomic E-state index is 11.6. The Morgan fingerprint density at radius 3 is 2.76 bits per heavy atom. The molecular weight excluding hydrogens is 246 g/mol. The molecule has 1 fully saturated rings. The van der Waals surface area contributed by atoms with E-state index in [9.17, 15) is 14.4 Å². The Hall–Kier alpha value is -1.44. The predicted molar refractivity (Wildman–Crippen MR) is 62.4 cm³/mol. The van der Waals surface area contributed by atoms with Gasteiger partial charge in [-0.25, -0.2) is 9.59 Å². The number of nitrogens with two attached hydrogens (primary N) is 1. The molecule has 0 radical (unpaired) electrons. The first-order valence-corrected chi connectivity index (χ1v) is 6.31. The van der Waals surface area contributed by atoms with Gasteiger partial charge < -0.3 is 21.1 Å². The van der Waals surface area contributed by atoms with Crippen LogP contribution in [0.4, 0.5) is 4.79 Å². The van der Waals surface area contributed by atoms with Crippen molar-refractivity contribution in [3.63, 3.8) is 0 Å². The lowest BCUT2D eigenvalue weighted by Crippen LogP contribution is -2.47. The summed E-state index contributed by atoms with van der Waals surface area (Å²) < 4.78 is 0. The van der Waals surface area contributed by atoms with Gasteiger partial charge in [0, 0.05) is 18.7 Å². The van der Waals surface area contributed by atoms with Gasteiger partial charge in [0.25, 0.3) is 0 Å². The van der Waals surface area contributed by atoms with Crippen molar-refractivity contribution in [2.75, 3.05) is 18.2 Å². The molecule has 0 bridgehead atoms. The monoisotopic (exact) mass is 261 g/mol. The summed E-state index contributed by atoms with van der Waals surface area (Å²) >= 11 is 1.40. The van der Waals surface area contributed by atoms with Crippen molar-refractivity contribution in [2.45, 2.75) is 18.9 Å². The Labute approximate surface area is 103 Å². The van der Waals surface area contributed by atoms with E-state index in [4.69, 9.17) is 10.8 Å². The highest BCUT2D eigenvalue weighted by atomic mass is 32.2. The first-order valence-electron chi connectivity index (χ1n) is 5.15. The molecule has 1 unspecified atom stereocenters. The molecule has 3 amide bonds. The fraction of sp³-hybridized carbons (Fsp3) is 0.667. The van der Waals surface area contributed by atoms with Crippen molar-refractivity contribution >= 4 is 29.7 Å². The summed E-state index contributed by atoms with van der Waals surface area (Å²) in [7, 11) is 0. The quantitative estimate of drug-likeness (QED) is 0.573. The van der Waals surface area contributed by atoms with Crippen molar-refractivity contribution in [2.24, 2.45) is 5.73 Å². The second-order valence-corrected chi connectivity index (χ2v) is 4.63. The number of rotatable bonds is 5. The first-order chi connectivity index (χ1) is 8.02. The predicted octanol–water partition coefficient (Wildman–Crippen LogP) is -0.579. The zero-order chi connectivity index (χ0) is 12.8. The SMILES string of the molecule is NC(=O)CCCNC(=O)N1CSCC1C(=O)O. The van der Waals surface area contributed by atoms with Crippen molar-refractivity contribution in [3.05, 3.63) is 0 Å². The van der Waals surface area contributed by atoms with E-state index in [0.717, 1.165) is 0 Å². The number of aliphatic carboxylic acids is 1. The maximum Gasteiger partial charge on any atom is 0.327 e. The van der Waals surface area contributed by atoms with E-state index in [-0.39, 0.29) is 6.42 Å². The van der Waals surface area contributed by atoms with E-state index >= 15 is 0 Å². The summed E-state index contributed by atoms with van der Waals surface area (Å²) in [5, 5.41) is 11.4. The van der Waals surface area contributed by atoms with Crippen molar-refractivity contribution in [3.8, 4) is 0 Å². The second-order valence-electron chi connectivity index (χ2n) is 3.63. The average Bonchev–Trinajstić information content (AvgIpc) is 2.72. The van der Waals surface area contributed by atoms with Crippen LogP contribution in [0, 0.1) is 0 Å². The smallest absolute Gasteiger partial charge is 0.327 e. The van der Waals surface area contributed by atoms with Gasteiger partial charge >= 0.3 is 12.0 Å². The molecule has 1 atom stereocenters. The van der Waals surface area contributed by atoms with Crippen LogP contribution in [0.5, 0.6) is 0 Å². The van der Waals surface area contributed by atoms with Crippen LogP contribution in [0.25, 0.3) is 0 Å². The molecule has 96 valence electrons. The number of thioether (sulfide) groups is 1. The van der Waals surface area contributed by atoms with E-state index in [2.05, 4.69) is 5.32 Å². The molecule has 1 aliphatic heterocycles. The van der Waals surface area contributed by atoms with Crippen LogP contribution in [0.15, 0.2) is 0 Å². The topological polar surface area (TPSA) is 113 Å². The number of nitrogens with one attached hydrogen (secondary N) is 1. The molecule has 0 aromatic carbocycles. The first kappa shape index (κ1) is 13.6. The highest BCUT2D eigenvalue weighted by Crippen LogP contribution is 2.20. The Balaban J connectivity index is 2.32. The van der Waals surface area contributed by atoms with Gasteiger partial charge in [-0.15, -0.1) is 11.8 Å². The summed E-state index contributed by atoms with van der Waals surface area (Å²) in [5.74, 6) is -0.635. The summed E-state index contributed by atoms with van der Waals surface area (Å²) in [6.07, 6.45) is 0.664. The molecule has 1 rings (SSSR count). The molecule has 1 saturated heterocycles. The lowest BCUT2D eigenvalue weighted by molar-refractivity contribution is -0.140. The van der Waals surface area contributed by atoms with Gasteiger partial charge in [-0.3, -0.25) is 4.79 Å². The average molecular weight is 261 g/mol. The van der Waals surface area contributed by atoms with E-state index in [1.807, 2.05) is 0 Å². The van der Waals surface area contributed by atoms with Crippen LogP contribution in [0.2, 0.25) is 0 Å². The van der Waals surface area contributed by atoms with E-state index in [1.54, 1.807) is 0 Å². The van der Waals surface area contributed by atoms with Crippen LogP contribution in [0.1, 0.15) is 12.8 Å². The molecule has 1 aliphatic rings. The minimum absolute atomic E-state index is 0.206. The van der Waals surface area contributed by atoms with Gasteiger partial charge in [-0.1, -0.05) is 0 Å². The van der Waals surface area contributed by atoms with Crippen LogP contribution in [-0.4, -0.2) is 52.1 Å². The van der Waals surface area contributed by atoms with E-state index in [1.165, 1.54) is 16.7 Å². The number of carboxylic acid groups (broad SMARTS) is 1. The molecule has 17 heavy (non-hydrogen) atoms. The molecule has 4 N–H and O–H groups in total. The molecule has 0 aliphatic carbocycles. The maximum atomic E-state index is 11.6. The highest BCUT2D eigenvalue weighted by Gasteiger charge is 2.34. The van der Waals surface area contributed by atoms with Gasteiger partial charge in [0.05, 0.1) is 5.88 Å². The Kier molecular flexibility index (Phi) is 5.08. The molecule has 8 heteroatoms. The third kappa shape index (κ3) is 4.14.